The molecule has 0 aliphatic rings. The lowest BCUT2D eigenvalue weighted by molar-refractivity contribution is 0.0914. The first-order valence-corrected chi connectivity index (χ1v) is 9.33. The molecule has 1 amide bonds. The van der Waals surface area contributed by atoms with Gasteiger partial charge in [0.2, 0.25) is 0 Å². The van der Waals surface area contributed by atoms with Gasteiger partial charge in [0.25, 0.3) is 5.91 Å². The normalized spacial score (nSPS) is 12.4. The summed E-state index contributed by atoms with van der Waals surface area (Å²) < 4.78 is 5.80. The van der Waals surface area contributed by atoms with Gasteiger partial charge >= 0.3 is 0 Å². The Labute approximate surface area is 165 Å². The summed E-state index contributed by atoms with van der Waals surface area (Å²) in [5.41, 5.74) is 4.45. The van der Waals surface area contributed by atoms with E-state index in [1.54, 1.807) is 6.07 Å². The Bertz CT molecular complexity index is 1070. The number of rotatable bonds is 5. The molecule has 0 aliphatic heterocycles. The van der Waals surface area contributed by atoms with Crippen LogP contribution >= 0.6 is 0 Å². The zero-order valence-electron chi connectivity index (χ0n) is 17.0. The summed E-state index contributed by atoms with van der Waals surface area (Å²) in [4.78, 5) is 27.2. The number of amides is 1. The van der Waals surface area contributed by atoms with Crippen LogP contribution in [0.4, 0.5) is 0 Å². The largest absolute Gasteiger partial charge is 0.450 e. The van der Waals surface area contributed by atoms with Crippen molar-refractivity contribution in [2.75, 3.05) is 20.6 Å². The van der Waals surface area contributed by atoms with E-state index in [0.717, 1.165) is 16.7 Å². The molecular formula is C23H26N2O3. The molecule has 3 rings (SSSR count). The third-order valence-electron chi connectivity index (χ3n) is 5.18. The van der Waals surface area contributed by atoms with Gasteiger partial charge in [0, 0.05) is 12.6 Å². The number of likely N-dealkylation sites (N-methyl/N-ethyl adjacent to an activating group) is 1. The Morgan fingerprint density at radius 3 is 2.39 bits per heavy atom. The Hall–Kier alpha value is -2.92. The molecule has 0 unspecified atom stereocenters. The lowest BCUT2D eigenvalue weighted by Gasteiger charge is -2.25. The van der Waals surface area contributed by atoms with E-state index in [0.29, 0.717) is 17.5 Å². The number of carbonyl (C=O) groups excluding carboxylic acids is 1. The standard InChI is InChI=1S/C23H26N2O3/c1-14-6-9-17(10-7-14)19(25(4)5)13-24-23(27)21-12-20(26)18-11-8-15(2)16(3)22(18)28-21/h6-12,19H,13H2,1-5H3,(H,24,27)/t19-/m0/s1. The minimum absolute atomic E-state index is 0.0145. The topological polar surface area (TPSA) is 62.6 Å². The van der Waals surface area contributed by atoms with Gasteiger partial charge in [-0.3, -0.25) is 9.59 Å². The van der Waals surface area contributed by atoms with Gasteiger partial charge in [-0.1, -0.05) is 35.9 Å². The second-order valence-corrected chi connectivity index (χ2v) is 7.46. The predicted molar refractivity (Wildman–Crippen MR) is 112 cm³/mol. The Balaban J connectivity index is 1.85. The summed E-state index contributed by atoms with van der Waals surface area (Å²) in [5, 5.41) is 3.40. The maximum absolute atomic E-state index is 12.7. The van der Waals surface area contributed by atoms with Crippen LogP contribution < -0.4 is 10.7 Å². The highest BCUT2D eigenvalue weighted by Crippen LogP contribution is 2.21. The van der Waals surface area contributed by atoms with E-state index in [9.17, 15) is 9.59 Å². The van der Waals surface area contributed by atoms with Crippen molar-refractivity contribution in [2.45, 2.75) is 26.8 Å². The smallest absolute Gasteiger partial charge is 0.287 e. The molecular weight excluding hydrogens is 352 g/mol. The highest BCUT2D eigenvalue weighted by Gasteiger charge is 2.18. The van der Waals surface area contributed by atoms with E-state index in [2.05, 4.69) is 34.5 Å². The molecule has 0 saturated heterocycles. The number of nitrogens with one attached hydrogen (secondary N) is 1. The SMILES string of the molecule is Cc1ccc([C@H](CNC(=O)c2cc(=O)c3ccc(C)c(C)c3o2)N(C)C)cc1. The summed E-state index contributed by atoms with van der Waals surface area (Å²) in [7, 11) is 3.94. The van der Waals surface area contributed by atoms with Gasteiger partial charge in [-0.05, 0) is 57.6 Å². The number of fused-ring (bicyclic) bond motifs is 1. The fraction of sp³-hybridized carbons (Fsp3) is 0.304. The van der Waals surface area contributed by atoms with E-state index in [1.807, 2.05) is 40.9 Å². The van der Waals surface area contributed by atoms with Crippen molar-refractivity contribution in [2.24, 2.45) is 0 Å². The molecule has 0 bridgehead atoms. The fourth-order valence-corrected chi connectivity index (χ4v) is 3.23. The van der Waals surface area contributed by atoms with Gasteiger partial charge in [-0.15, -0.1) is 0 Å². The third kappa shape index (κ3) is 3.99. The maximum Gasteiger partial charge on any atom is 0.287 e. The molecule has 0 aliphatic carbocycles. The van der Waals surface area contributed by atoms with Crippen molar-refractivity contribution < 1.29 is 9.21 Å². The number of aryl methyl sites for hydroxylation is 3. The maximum atomic E-state index is 12.7. The highest BCUT2D eigenvalue weighted by molar-refractivity contribution is 5.93. The molecule has 3 aromatic rings. The van der Waals surface area contributed by atoms with Crippen molar-refractivity contribution >= 4 is 16.9 Å². The minimum atomic E-state index is -0.390. The summed E-state index contributed by atoms with van der Waals surface area (Å²) in [6.07, 6.45) is 0. The van der Waals surface area contributed by atoms with Gasteiger partial charge in [0.05, 0.1) is 11.4 Å². The molecule has 0 radical (unpaired) electrons. The van der Waals surface area contributed by atoms with Gasteiger partial charge in [0.1, 0.15) is 5.58 Å². The van der Waals surface area contributed by atoms with E-state index >= 15 is 0 Å². The molecule has 1 atom stereocenters. The van der Waals surface area contributed by atoms with Crippen LogP contribution in [0.25, 0.3) is 11.0 Å². The van der Waals surface area contributed by atoms with Crippen LogP contribution in [0.15, 0.2) is 51.7 Å². The number of hydrogen-bond donors (Lipinski definition) is 1. The minimum Gasteiger partial charge on any atom is -0.450 e. The molecule has 5 heteroatoms. The third-order valence-corrected chi connectivity index (χ3v) is 5.18. The number of nitrogens with zero attached hydrogens (tertiary/aromatic N) is 1. The summed E-state index contributed by atoms with van der Waals surface area (Å²) >= 11 is 0. The quantitative estimate of drug-likeness (QED) is 0.734. The predicted octanol–water partition coefficient (Wildman–Crippen LogP) is 3.75. The van der Waals surface area contributed by atoms with Crippen molar-refractivity contribution in [1.82, 2.24) is 10.2 Å². The van der Waals surface area contributed by atoms with Crippen LogP contribution in [0.2, 0.25) is 0 Å². The molecule has 146 valence electrons. The van der Waals surface area contributed by atoms with Crippen molar-refractivity contribution in [3.8, 4) is 0 Å². The Morgan fingerprint density at radius 1 is 1.07 bits per heavy atom. The Morgan fingerprint density at radius 2 is 1.75 bits per heavy atom. The second-order valence-electron chi connectivity index (χ2n) is 7.46. The first-order valence-electron chi connectivity index (χ1n) is 9.33. The van der Waals surface area contributed by atoms with Gasteiger partial charge < -0.3 is 14.6 Å². The van der Waals surface area contributed by atoms with Crippen LogP contribution in [0.5, 0.6) is 0 Å². The van der Waals surface area contributed by atoms with Crippen LogP contribution in [-0.2, 0) is 0 Å². The van der Waals surface area contributed by atoms with Crippen LogP contribution in [0.1, 0.15) is 38.9 Å². The van der Waals surface area contributed by atoms with E-state index < -0.39 is 0 Å². The number of hydrogen-bond acceptors (Lipinski definition) is 4. The zero-order valence-corrected chi connectivity index (χ0v) is 17.0. The summed E-state index contributed by atoms with van der Waals surface area (Å²) in [6, 6.07) is 13.1. The van der Waals surface area contributed by atoms with E-state index in [4.69, 9.17) is 4.42 Å². The monoisotopic (exact) mass is 378 g/mol. The van der Waals surface area contributed by atoms with Gasteiger partial charge in [0.15, 0.2) is 11.2 Å². The lowest BCUT2D eigenvalue weighted by Crippen LogP contribution is -2.34. The molecule has 1 aromatic heterocycles. The molecule has 0 spiro atoms. The average Bonchev–Trinajstić information content (AvgIpc) is 2.66. The highest BCUT2D eigenvalue weighted by atomic mass is 16.3. The van der Waals surface area contributed by atoms with Gasteiger partial charge in [-0.25, -0.2) is 0 Å². The molecule has 2 aromatic carbocycles. The lowest BCUT2D eigenvalue weighted by atomic mass is 10.0. The molecule has 28 heavy (non-hydrogen) atoms. The van der Waals surface area contributed by atoms with Crippen molar-refractivity contribution in [3.05, 3.63) is 80.7 Å². The van der Waals surface area contributed by atoms with Crippen molar-refractivity contribution in [1.29, 1.82) is 0 Å². The molecule has 5 nitrogen and oxygen atoms in total. The number of carbonyl (C=O) groups is 1. The van der Waals surface area contributed by atoms with Crippen LogP contribution in [0, 0.1) is 20.8 Å². The molecule has 0 saturated carbocycles. The fourth-order valence-electron chi connectivity index (χ4n) is 3.23. The van der Waals surface area contributed by atoms with E-state index in [1.165, 1.54) is 11.6 Å². The first kappa shape index (κ1) is 19.8. The van der Waals surface area contributed by atoms with E-state index in [-0.39, 0.29) is 23.1 Å². The van der Waals surface area contributed by atoms with Crippen LogP contribution in [-0.4, -0.2) is 31.4 Å². The van der Waals surface area contributed by atoms with Crippen molar-refractivity contribution in [3.63, 3.8) is 0 Å². The molecule has 1 heterocycles. The summed E-state index contributed by atoms with van der Waals surface area (Å²) in [6.45, 7) is 6.29. The number of benzene rings is 2. The zero-order chi connectivity index (χ0) is 20.4. The molecule has 1 N–H and O–H groups in total. The average molecular weight is 378 g/mol. The first-order chi connectivity index (χ1) is 13.3. The second kappa shape index (κ2) is 7.98. The molecule has 0 fully saturated rings. The summed E-state index contributed by atoms with van der Waals surface area (Å²) in [5.74, 6) is -0.355. The van der Waals surface area contributed by atoms with Gasteiger partial charge in [-0.2, -0.15) is 0 Å². The van der Waals surface area contributed by atoms with Crippen LogP contribution in [0.3, 0.4) is 0 Å². The Kier molecular flexibility index (Phi) is 5.66.